The minimum absolute atomic E-state index is 0.0427. The molecular formula is C23H29NO3. The smallest absolute Gasteiger partial charge is 0.309 e. The predicted molar refractivity (Wildman–Crippen MR) is 106 cm³/mol. The zero-order chi connectivity index (χ0) is 18.7. The lowest BCUT2D eigenvalue weighted by Crippen LogP contribution is -2.37. The van der Waals surface area contributed by atoms with E-state index in [1.807, 2.05) is 48.5 Å². The van der Waals surface area contributed by atoms with Crippen LogP contribution in [-0.4, -0.2) is 25.2 Å². The van der Waals surface area contributed by atoms with Gasteiger partial charge in [-0.1, -0.05) is 60.7 Å². The van der Waals surface area contributed by atoms with Crippen LogP contribution in [0.15, 0.2) is 60.7 Å². The number of carbonyl (C=O) groups is 1. The van der Waals surface area contributed by atoms with Crippen molar-refractivity contribution in [3.63, 3.8) is 0 Å². The first-order valence-electron chi connectivity index (χ1n) is 9.87. The normalized spacial score (nSPS) is 19.6. The maximum absolute atomic E-state index is 12.2. The van der Waals surface area contributed by atoms with Crippen LogP contribution < -0.4 is 5.32 Å². The van der Waals surface area contributed by atoms with E-state index in [1.54, 1.807) is 0 Å². The summed E-state index contributed by atoms with van der Waals surface area (Å²) in [7, 11) is 0. The van der Waals surface area contributed by atoms with Crippen LogP contribution in [0.3, 0.4) is 0 Å². The standard InChI is InChI=1S/C23H29NO3/c25-23(27-18-20-9-5-2-6-10-20)21-11-13-22(14-12-21)24-15-16-26-17-19-7-3-1-4-8-19/h1-10,21-22,24H,11-18H2. The SMILES string of the molecule is O=C(OCc1ccccc1)C1CCC(NCCOCc2ccccc2)CC1. The summed E-state index contributed by atoms with van der Waals surface area (Å²) in [6.07, 6.45) is 3.83. The Balaban J connectivity index is 1.26. The topological polar surface area (TPSA) is 47.6 Å². The fourth-order valence-corrected chi connectivity index (χ4v) is 3.48. The van der Waals surface area contributed by atoms with Crippen molar-refractivity contribution in [2.24, 2.45) is 5.92 Å². The van der Waals surface area contributed by atoms with Crippen LogP contribution >= 0.6 is 0 Å². The van der Waals surface area contributed by atoms with Crippen molar-refractivity contribution >= 4 is 5.97 Å². The Morgan fingerprint density at radius 3 is 2.07 bits per heavy atom. The lowest BCUT2D eigenvalue weighted by Gasteiger charge is -2.28. The fraction of sp³-hybridized carbons (Fsp3) is 0.435. The molecule has 0 unspecified atom stereocenters. The molecule has 0 spiro atoms. The number of ether oxygens (including phenoxy) is 2. The Bertz CT molecular complexity index is 667. The molecule has 1 saturated carbocycles. The van der Waals surface area contributed by atoms with Gasteiger partial charge < -0.3 is 14.8 Å². The molecule has 4 nitrogen and oxygen atoms in total. The number of rotatable bonds is 9. The Kier molecular flexibility index (Phi) is 7.87. The lowest BCUT2D eigenvalue weighted by atomic mass is 9.86. The number of carbonyl (C=O) groups excluding carboxylic acids is 1. The van der Waals surface area contributed by atoms with E-state index in [9.17, 15) is 4.79 Å². The van der Waals surface area contributed by atoms with Gasteiger partial charge in [-0.3, -0.25) is 4.79 Å². The minimum atomic E-state index is -0.0523. The van der Waals surface area contributed by atoms with Crippen LogP contribution in [-0.2, 0) is 27.5 Å². The van der Waals surface area contributed by atoms with Gasteiger partial charge in [0.15, 0.2) is 0 Å². The van der Waals surface area contributed by atoms with Crippen molar-refractivity contribution in [2.75, 3.05) is 13.2 Å². The van der Waals surface area contributed by atoms with Gasteiger partial charge in [0.05, 0.1) is 19.1 Å². The summed E-state index contributed by atoms with van der Waals surface area (Å²) in [6, 6.07) is 20.5. The Labute approximate surface area is 161 Å². The molecule has 3 rings (SSSR count). The molecule has 0 radical (unpaired) electrons. The molecule has 1 N–H and O–H groups in total. The molecule has 0 bridgehead atoms. The third-order valence-electron chi connectivity index (χ3n) is 5.08. The quantitative estimate of drug-likeness (QED) is 0.536. The Morgan fingerprint density at radius 1 is 0.852 bits per heavy atom. The van der Waals surface area contributed by atoms with Crippen molar-refractivity contribution in [3.05, 3.63) is 71.8 Å². The van der Waals surface area contributed by atoms with Gasteiger partial charge in [0.1, 0.15) is 6.61 Å². The lowest BCUT2D eigenvalue weighted by molar-refractivity contribution is -0.151. The third-order valence-corrected chi connectivity index (χ3v) is 5.08. The fourth-order valence-electron chi connectivity index (χ4n) is 3.48. The molecule has 1 aliphatic carbocycles. The predicted octanol–water partition coefficient (Wildman–Crippen LogP) is 4.10. The molecule has 4 heteroatoms. The summed E-state index contributed by atoms with van der Waals surface area (Å²) >= 11 is 0. The van der Waals surface area contributed by atoms with Gasteiger partial charge in [-0.15, -0.1) is 0 Å². The molecule has 144 valence electrons. The summed E-state index contributed by atoms with van der Waals surface area (Å²) in [4.78, 5) is 12.2. The van der Waals surface area contributed by atoms with Crippen LogP contribution in [0.4, 0.5) is 0 Å². The average molecular weight is 367 g/mol. The highest BCUT2D eigenvalue weighted by Gasteiger charge is 2.27. The van der Waals surface area contributed by atoms with Crippen molar-refractivity contribution < 1.29 is 14.3 Å². The number of benzene rings is 2. The second kappa shape index (κ2) is 10.9. The van der Waals surface area contributed by atoms with E-state index in [4.69, 9.17) is 9.47 Å². The van der Waals surface area contributed by atoms with E-state index in [0.29, 0.717) is 25.9 Å². The van der Waals surface area contributed by atoms with Crippen LogP contribution in [0.1, 0.15) is 36.8 Å². The van der Waals surface area contributed by atoms with Gasteiger partial charge in [0.25, 0.3) is 0 Å². The van der Waals surface area contributed by atoms with Gasteiger partial charge in [0, 0.05) is 12.6 Å². The summed E-state index contributed by atoms with van der Waals surface area (Å²) in [5.74, 6) is -0.00964. The molecule has 2 aromatic carbocycles. The summed E-state index contributed by atoms with van der Waals surface area (Å²) < 4.78 is 11.2. The zero-order valence-corrected chi connectivity index (χ0v) is 15.8. The van der Waals surface area contributed by atoms with E-state index < -0.39 is 0 Å². The first-order valence-corrected chi connectivity index (χ1v) is 9.87. The van der Waals surface area contributed by atoms with Gasteiger partial charge in [-0.05, 0) is 36.8 Å². The van der Waals surface area contributed by atoms with Gasteiger partial charge in [0.2, 0.25) is 0 Å². The summed E-state index contributed by atoms with van der Waals surface area (Å²) in [6.45, 7) is 2.58. The van der Waals surface area contributed by atoms with E-state index in [1.165, 1.54) is 5.56 Å². The van der Waals surface area contributed by atoms with E-state index >= 15 is 0 Å². The molecule has 0 heterocycles. The second-order valence-electron chi connectivity index (χ2n) is 7.13. The molecule has 0 saturated heterocycles. The van der Waals surface area contributed by atoms with Crippen LogP contribution in [0, 0.1) is 5.92 Å². The van der Waals surface area contributed by atoms with Gasteiger partial charge in [-0.2, -0.15) is 0 Å². The van der Waals surface area contributed by atoms with E-state index in [0.717, 1.165) is 37.8 Å². The molecule has 1 fully saturated rings. The number of nitrogens with one attached hydrogen (secondary N) is 1. The highest BCUT2D eigenvalue weighted by atomic mass is 16.5. The largest absolute Gasteiger partial charge is 0.461 e. The molecule has 0 aliphatic heterocycles. The molecule has 0 aromatic heterocycles. The molecule has 0 atom stereocenters. The first kappa shape index (κ1) is 19.6. The highest BCUT2D eigenvalue weighted by molar-refractivity contribution is 5.72. The van der Waals surface area contributed by atoms with Crippen LogP contribution in [0.25, 0.3) is 0 Å². The molecule has 27 heavy (non-hydrogen) atoms. The maximum Gasteiger partial charge on any atom is 0.309 e. The molecule has 2 aromatic rings. The van der Waals surface area contributed by atoms with Crippen molar-refractivity contribution in [1.29, 1.82) is 0 Å². The first-order chi connectivity index (χ1) is 13.3. The van der Waals surface area contributed by atoms with Crippen molar-refractivity contribution in [3.8, 4) is 0 Å². The number of esters is 1. The molecule has 1 aliphatic rings. The number of hydrogen-bond acceptors (Lipinski definition) is 4. The van der Waals surface area contributed by atoms with Crippen LogP contribution in [0.2, 0.25) is 0 Å². The maximum atomic E-state index is 12.2. The third kappa shape index (κ3) is 6.81. The number of hydrogen-bond donors (Lipinski definition) is 1. The van der Waals surface area contributed by atoms with Gasteiger partial charge >= 0.3 is 5.97 Å². The molecular weight excluding hydrogens is 338 g/mol. The second-order valence-corrected chi connectivity index (χ2v) is 7.13. The monoisotopic (exact) mass is 367 g/mol. The van der Waals surface area contributed by atoms with Crippen LogP contribution in [0.5, 0.6) is 0 Å². The summed E-state index contributed by atoms with van der Waals surface area (Å²) in [5.41, 5.74) is 2.24. The Hall–Kier alpha value is -2.17. The highest BCUT2D eigenvalue weighted by Crippen LogP contribution is 2.25. The zero-order valence-electron chi connectivity index (χ0n) is 15.8. The Morgan fingerprint density at radius 2 is 1.44 bits per heavy atom. The van der Waals surface area contributed by atoms with Crippen molar-refractivity contribution in [2.45, 2.75) is 44.9 Å². The molecule has 0 amide bonds. The van der Waals surface area contributed by atoms with E-state index in [-0.39, 0.29) is 11.9 Å². The van der Waals surface area contributed by atoms with Crippen molar-refractivity contribution in [1.82, 2.24) is 5.32 Å². The average Bonchev–Trinajstić information content (AvgIpc) is 2.74. The summed E-state index contributed by atoms with van der Waals surface area (Å²) in [5, 5.41) is 3.55. The minimum Gasteiger partial charge on any atom is -0.461 e. The van der Waals surface area contributed by atoms with Gasteiger partial charge in [-0.25, -0.2) is 0 Å². The van der Waals surface area contributed by atoms with E-state index in [2.05, 4.69) is 17.4 Å².